The lowest BCUT2D eigenvalue weighted by Crippen LogP contribution is -2.10. The van der Waals surface area contributed by atoms with E-state index < -0.39 is 0 Å². The first kappa shape index (κ1) is 11.3. The third kappa shape index (κ3) is 1.78. The van der Waals surface area contributed by atoms with Gasteiger partial charge in [-0.1, -0.05) is 36.4 Å². The first-order chi connectivity index (χ1) is 8.77. The van der Waals surface area contributed by atoms with E-state index in [9.17, 15) is 5.11 Å². The summed E-state index contributed by atoms with van der Waals surface area (Å²) in [7, 11) is 0. The lowest BCUT2D eigenvalue weighted by molar-refractivity contribution is 0.481. The first-order valence-electron chi connectivity index (χ1n) is 5.77. The Morgan fingerprint density at radius 1 is 0.944 bits per heavy atom. The minimum absolute atomic E-state index is 0.143. The molecule has 1 atom stereocenters. The molecule has 0 saturated heterocycles. The zero-order chi connectivity index (χ0) is 12.5. The van der Waals surface area contributed by atoms with Crippen molar-refractivity contribution in [1.82, 2.24) is 0 Å². The molecule has 0 radical (unpaired) electrons. The Kier molecular flexibility index (Phi) is 2.78. The molecule has 0 aliphatic carbocycles. The Bertz CT molecular complexity index is 676. The van der Waals surface area contributed by atoms with Crippen LogP contribution in [0.15, 0.2) is 53.9 Å². The largest absolute Gasteiger partial charge is 0.507 e. The van der Waals surface area contributed by atoms with Gasteiger partial charge in [0, 0.05) is 10.3 Å². The van der Waals surface area contributed by atoms with E-state index in [1.54, 1.807) is 17.4 Å². The first-order valence-corrected chi connectivity index (χ1v) is 6.65. The molecule has 0 saturated carbocycles. The molecule has 0 unspecified atom stereocenters. The van der Waals surface area contributed by atoms with Gasteiger partial charge in [0.1, 0.15) is 5.75 Å². The summed E-state index contributed by atoms with van der Waals surface area (Å²) in [6.45, 7) is 0. The number of phenols is 1. The number of aromatic hydroxyl groups is 1. The molecule has 90 valence electrons. The van der Waals surface area contributed by atoms with Gasteiger partial charge in [0.25, 0.3) is 0 Å². The Balaban J connectivity index is 2.21. The van der Waals surface area contributed by atoms with Gasteiger partial charge in [0.2, 0.25) is 0 Å². The maximum atomic E-state index is 9.87. The topological polar surface area (TPSA) is 46.2 Å². The quantitative estimate of drug-likeness (QED) is 0.734. The second-order valence-electron chi connectivity index (χ2n) is 4.21. The molecule has 2 aromatic carbocycles. The molecular formula is C15H13NOS. The number of rotatable bonds is 2. The van der Waals surface area contributed by atoms with Crippen LogP contribution in [0, 0.1) is 0 Å². The van der Waals surface area contributed by atoms with E-state index in [2.05, 4.69) is 0 Å². The van der Waals surface area contributed by atoms with Gasteiger partial charge in [-0.15, -0.1) is 11.3 Å². The molecule has 3 rings (SSSR count). The maximum absolute atomic E-state index is 9.87. The molecule has 0 aliphatic rings. The molecule has 3 N–H and O–H groups in total. The molecule has 3 aromatic rings. The van der Waals surface area contributed by atoms with Crippen LogP contribution >= 0.6 is 11.3 Å². The zero-order valence-corrected chi connectivity index (χ0v) is 10.5. The smallest absolute Gasteiger partial charge is 0.123 e. The van der Waals surface area contributed by atoms with Crippen molar-refractivity contribution < 1.29 is 5.11 Å². The fourth-order valence-corrected chi connectivity index (χ4v) is 2.94. The predicted molar refractivity (Wildman–Crippen MR) is 76.0 cm³/mol. The monoisotopic (exact) mass is 255 g/mol. The summed E-state index contributed by atoms with van der Waals surface area (Å²) < 4.78 is 0. The summed E-state index contributed by atoms with van der Waals surface area (Å²) in [5, 5.41) is 13.8. The molecule has 0 spiro atoms. The average molecular weight is 255 g/mol. The predicted octanol–water partition coefficient (Wildman–Crippen LogP) is 3.66. The van der Waals surface area contributed by atoms with E-state index in [0.717, 1.165) is 21.2 Å². The molecule has 2 nitrogen and oxygen atoms in total. The highest BCUT2D eigenvalue weighted by molar-refractivity contribution is 7.10. The number of hydrogen-bond acceptors (Lipinski definition) is 3. The highest BCUT2D eigenvalue weighted by atomic mass is 32.1. The van der Waals surface area contributed by atoms with Gasteiger partial charge in [-0.05, 0) is 28.5 Å². The van der Waals surface area contributed by atoms with Crippen LogP contribution in [0.25, 0.3) is 10.8 Å². The maximum Gasteiger partial charge on any atom is 0.123 e. The van der Waals surface area contributed by atoms with Crippen LogP contribution in [0.5, 0.6) is 5.75 Å². The standard InChI is InChI=1S/C15H13NOS/c16-15(14-6-3-9-18-14)12-7-8-13(17)11-5-2-1-4-10(11)12/h1-9,15,17H,16H2/t15-/m1/s1. The Hall–Kier alpha value is -1.84. The molecular weight excluding hydrogens is 242 g/mol. The van der Waals surface area contributed by atoms with E-state index in [1.807, 2.05) is 47.8 Å². The second-order valence-corrected chi connectivity index (χ2v) is 5.19. The summed E-state index contributed by atoms with van der Waals surface area (Å²) in [5.74, 6) is 0.299. The van der Waals surface area contributed by atoms with Crippen LogP contribution in [0.2, 0.25) is 0 Å². The normalized spacial score (nSPS) is 12.7. The van der Waals surface area contributed by atoms with Gasteiger partial charge >= 0.3 is 0 Å². The van der Waals surface area contributed by atoms with Crippen molar-refractivity contribution in [3.8, 4) is 5.75 Å². The van der Waals surface area contributed by atoms with Crippen molar-refractivity contribution in [3.05, 3.63) is 64.4 Å². The van der Waals surface area contributed by atoms with Crippen molar-refractivity contribution in [2.75, 3.05) is 0 Å². The van der Waals surface area contributed by atoms with Gasteiger partial charge in [-0.3, -0.25) is 0 Å². The summed E-state index contributed by atoms with van der Waals surface area (Å²) in [6.07, 6.45) is 0. The lowest BCUT2D eigenvalue weighted by atomic mass is 9.98. The minimum atomic E-state index is -0.143. The fraction of sp³-hybridized carbons (Fsp3) is 0.0667. The minimum Gasteiger partial charge on any atom is -0.507 e. The van der Waals surface area contributed by atoms with E-state index in [-0.39, 0.29) is 6.04 Å². The highest BCUT2D eigenvalue weighted by Gasteiger charge is 2.14. The van der Waals surface area contributed by atoms with E-state index >= 15 is 0 Å². The second kappa shape index (κ2) is 4.44. The van der Waals surface area contributed by atoms with Gasteiger partial charge in [-0.2, -0.15) is 0 Å². The van der Waals surface area contributed by atoms with Crippen molar-refractivity contribution in [2.45, 2.75) is 6.04 Å². The summed E-state index contributed by atoms with van der Waals surface area (Å²) >= 11 is 1.65. The van der Waals surface area contributed by atoms with Gasteiger partial charge in [0.05, 0.1) is 6.04 Å². The van der Waals surface area contributed by atoms with Crippen LogP contribution in [0.4, 0.5) is 0 Å². The van der Waals surface area contributed by atoms with Gasteiger partial charge in [-0.25, -0.2) is 0 Å². The Morgan fingerprint density at radius 3 is 2.44 bits per heavy atom. The number of nitrogens with two attached hydrogens (primary N) is 1. The molecule has 0 aliphatic heterocycles. The SMILES string of the molecule is N[C@@H](c1cccs1)c1ccc(O)c2ccccc12. The zero-order valence-electron chi connectivity index (χ0n) is 9.71. The van der Waals surface area contributed by atoms with Crippen molar-refractivity contribution in [2.24, 2.45) is 5.73 Å². The lowest BCUT2D eigenvalue weighted by Gasteiger charge is -2.14. The summed E-state index contributed by atoms with van der Waals surface area (Å²) in [4.78, 5) is 1.13. The molecule has 3 heteroatoms. The van der Waals surface area contributed by atoms with Crippen molar-refractivity contribution >= 4 is 22.1 Å². The Labute approximate surface area is 109 Å². The van der Waals surface area contributed by atoms with Crippen molar-refractivity contribution in [1.29, 1.82) is 0 Å². The van der Waals surface area contributed by atoms with Gasteiger partial charge in [0.15, 0.2) is 0 Å². The molecule has 0 amide bonds. The molecule has 0 bridgehead atoms. The molecule has 1 heterocycles. The number of benzene rings is 2. The van der Waals surface area contributed by atoms with E-state index in [1.165, 1.54) is 0 Å². The summed E-state index contributed by atoms with van der Waals surface area (Å²) in [5.41, 5.74) is 7.35. The average Bonchev–Trinajstić information content (AvgIpc) is 2.93. The van der Waals surface area contributed by atoms with Crippen molar-refractivity contribution in [3.63, 3.8) is 0 Å². The molecule has 1 aromatic heterocycles. The summed E-state index contributed by atoms with van der Waals surface area (Å²) in [6, 6.07) is 15.3. The fourth-order valence-electron chi connectivity index (χ4n) is 2.20. The van der Waals surface area contributed by atoms with E-state index in [0.29, 0.717) is 5.75 Å². The van der Waals surface area contributed by atoms with Crippen LogP contribution in [-0.2, 0) is 0 Å². The highest BCUT2D eigenvalue weighted by Crippen LogP contribution is 2.33. The van der Waals surface area contributed by atoms with Crippen LogP contribution in [0.3, 0.4) is 0 Å². The number of fused-ring (bicyclic) bond motifs is 1. The number of hydrogen-bond donors (Lipinski definition) is 2. The van der Waals surface area contributed by atoms with Crippen LogP contribution < -0.4 is 5.73 Å². The molecule has 18 heavy (non-hydrogen) atoms. The van der Waals surface area contributed by atoms with E-state index in [4.69, 9.17) is 5.73 Å². The third-order valence-corrected chi connectivity index (χ3v) is 4.07. The van der Waals surface area contributed by atoms with Crippen LogP contribution in [0.1, 0.15) is 16.5 Å². The molecule has 0 fully saturated rings. The van der Waals surface area contributed by atoms with Crippen LogP contribution in [-0.4, -0.2) is 5.11 Å². The number of thiophene rings is 1. The third-order valence-electron chi connectivity index (χ3n) is 3.12. The number of phenolic OH excluding ortho intramolecular Hbond substituents is 1. The Morgan fingerprint density at radius 2 is 1.72 bits per heavy atom. The van der Waals surface area contributed by atoms with Gasteiger partial charge < -0.3 is 10.8 Å².